The molecule has 0 amide bonds. The van der Waals surface area contributed by atoms with E-state index in [0.717, 1.165) is 24.9 Å². The zero-order valence-electron chi connectivity index (χ0n) is 11.0. The van der Waals surface area contributed by atoms with Crippen LogP contribution < -0.4 is 4.74 Å². The van der Waals surface area contributed by atoms with Crippen LogP contribution in [0.15, 0.2) is 24.3 Å². The third-order valence-electron chi connectivity index (χ3n) is 3.69. The van der Waals surface area contributed by atoms with E-state index in [1.165, 1.54) is 25.7 Å². The Labute approximate surface area is 109 Å². The lowest BCUT2D eigenvalue weighted by molar-refractivity contribution is 0.106. The Morgan fingerprint density at radius 2 is 1.56 bits per heavy atom. The van der Waals surface area contributed by atoms with E-state index in [1.807, 2.05) is 12.1 Å². The van der Waals surface area contributed by atoms with Gasteiger partial charge in [0, 0.05) is 13.7 Å². The maximum atomic E-state index is 9.19. The first-order valence-corrected chi connectivity index (χ1v) is 6.68. The molecule has 0 spiro atoms. The quantitative estimate of drug-likeness (QED) is 0.872. The molecule has 1 saturated carbocycles. The molecule has 0 unspecified atom stereocenters. The van der Waals surface area contributed by atoms with Crippen molar-refractivity contribution in [3.05, 3.63) is 24.3 Å². The Morgan fingerprint density at radius 1 is 1.00 bits per heavy atom. The van der Waals surface area contributed by atoms with Crippen molar-refractivity contribution in [3.63, 3.8) is 0 Å². The zero-order valence-corrected chi connectivity index (χ0v) is 11.0. The zero-order chi connectivity index (χ0) is 12.8. The molecule has 1 aromatic rings. The molecule has 0 bridgehead atoms. The van der Waals surface area contributed by atoms with E-state index in [-0.39, 0.29) is 5.75 Å². The van der Waals surface area contributed by atoms with Gasteiger partial charge in [0.1, 0.15) is 11.5 Å². The number of rotatable bonds is 5. The maximum Gasteiger partial charge on any atom is 0.119 e. The van der Waals surface area contributed by atoms with E-state index in [0.29, 0.717) is 5.92 Å². The molecule has 0 radical (unpaired) electrons. The lowest BCUT2D eigenvalue weighted by Gasteiger charge is -2.27. The molecule has 0 aromatic heterocycles. The molecule has 1 aliphatic carbocycles. The van der Waals surface area contributed by atoms with Gasteiger partial charge in [-0.3, -0.25) is 0 Å². The molecule has 18 heavy (non-hydrogen) atoms. The fourth-order valence-corrected chi connectivity index (χ4v) is 2.56. The van der Waals surface area contributed by atoms with Crippen LogP contribution in [0.4, 0.5) is 0 Å². The first-order chi connectivity index (χ1) is 8.78. The lowest BCUT2D eigenvalue weighted by Crippen LogP contribution is -2.22. The van der Waals surface area contributed by atoms with E-state index in [4.69, 9.17) is 9.47 Å². The Hall–Kier alpha value is -1.22. The van der Waals surface area contributed by atoms with Crippen molar-refractivity contribution in [2.75, 3.05) is 20.3 Å². The van der Waals surface area contributed by atoms with E-state index in [1.54, 1.807) is 19.2 Å². The number of phenols is 1. The normalized spacial score (nSPS) is 23.8. The van der Waals surface area contributed by atoms with Crippen LogP contribution in [0.3, 0.4) is 0 Å². The smallest absolute Gasteiger partial charge is 0.119 e. The summed E-state index contributed by atoms with van der Waals surface area (Å²) in [5, 5.41) is 9.19. The largest absolute Gasteiger partial charge is 0.508 e. The van der Waals surface area contributed by atoms with Crippen LogP contribution in [0.25, 0.3) is 0 Å². The van der Waals surface area contributed by atoms with Gasteiger partial charge in [0.2, 0.25) is 0 Å². The SMILES string of the molecule is COCC1CCC(COc2ccc(O)cc2)CC1. The molecular formula is C15H22O3. The summed E-state index contributed by atoms with van der Waals surface area (Å²) in [5.74, 6) is 2.51. The van der Waals surface area contributed by atoms with Crippen molar-refractivity contribution < 1.29 is 14.6 Å². The molecule has 1 aromatic carbocycles. The number of benzene rings is 1. The number of methoxy groups -OCH3 is 1. The van der Waals surface area contributed by atoms with Gasteiger partial charge in [-0.05, 0) is 61.8 Å². The number of hydrogen-bond acceptors (Lipinski definition) is 3. The van der Waals surface area contributed by atoms with Gasteiger partial charge in [0.25, 0.3) is 0 Å². The van der Waals surface area contributed by atoms with Crippen molar-refractivity contribution in [2.45, 2.75) is 25.7 Å². The van der Waals surface area contributed by atoms with Crippen molar-refractivity contribution in [2.24, 2.45) is 11.8 Å². The Kier molecular flexibility index (Phi) is 4.88. The molecule has 0 heterocycles. The molecule has 0 aliphatic heterocycles. The van der Waals surface area contributed by atoms with E-state index in [9.17, 15) is 5.11 Å². The molecule has 3 nitrogen and oxygen atoms in total. The third kappa shape index (κ3) is 3.91. The van der Waals surface area contributed by atoms with Crippen LogP contribution in [-0.4, -0.2) is 25.4 Å². The highest BCUT2D eigenvalue weighted by molar-refractivity contribution is 5.30. The van der Waals surface area contributed by atoms with Gasteiger partial charge in [-0.25, -0.2) is 0 Å². The van der Waals surface area contributed by atoms with Gasteiger partial charge in [-0.15, -0.1) is 0 Å². The fraction of sp³-hybridized carbons (Fsp3) is 0.600. The minimum absolute atomic E-state index is 0.280. The van der Waals surface area contributed by atoms with Crippen LogP contribution in [0.5, 0.6) is 11.5 Å². The summed E-state index contributed by atoms with van der Waals surface area (Å²) in [5.41, 5.74) is 0. The molecule has 100 valence electrons. The standard InChI is InChI=1S/C15H22O3/c1-17-10-12-2-4-13(5-3-12)11-18-15-8-6-14(16)7-9-15/h6-9,12-13,16H,2-5,10-11H2,1H3. The predicted octanol–water partition coefficient (Wildman–Crippen LogP) is 3.22. The summed E-state index contributed by atoms with van der Waals surface area (Å²) < 4.78 is 11.0. The van der Waals surface area contributed by atoms with E-state index in [2.05, 4.69) is 0 Å². The molecular weight excluding hydrogens is 228 g/mol. The minimum Gasteiger partial charge on any atom is -0.508 e. The second-order valence-corrected chi connectivity index (χ2v) is 5.15. The van der Waals surface area contributed by atoms with Crippen molar-refractivity contribution in [1.82, 2.24) is 0 Å². The third-order valence-corrected chi connectivity index (χ3v) is 3.69. The molecule has 0 atom stereocenters. The summed E-state index contributed by atoms with van der Waals surface area (Å²) in [6, 6.07) is 6.94. The number of aromatic hydroxyl groups is 1. The summed E-state index contributed by atoms with van der Waals surface area (Å²) in [6.07, 6.45) is 4.95. The van der Waals surface area contributed by atoms with Crippen molar-refractivity contribution in [3.8, 4) is 11.5 Å². The Bertz CT molecular complexity index is 339. The average molecular weight is 250 g/mol. The highest BCUT2D eigenvalue weighted by Gasteiger charge is 2.21. The van der Waals surface area contributed by atoms with Gasteiger partial charge < -0.3 is 14.6 Å². The topological polar surface area (TPSA) is 38.7 Å². The van der Waals surface area contributed by atoms with Crippen LogP contribution in [0, 0.1) is 11.8 Å². The van der Waals surface area contributed by atoms with Crippen molar-refractivity contribution in [1.29, 1.82) is 0 Å². The Morgan fingerprint density at radius 3 is 2.11 bits per heavy atom. The minimum atomic E-state index is 0.280. The van der Waals surface area contributed by atoms with Gasteiger partial charge in [0.15, 0.2) is 0 Å². The fourth-order valence-electron chi connectivity index (χ4n) is 2.56. The van der Waals surface area contributed by atoms with Crippen LogP contribution in [-0.2, 0) is 4.74 Å². The molecule has 0 saturated heterocycles. The van der Waals surface area contributed by atoms with E-state index < -0.39 is 0 Å². The monoisotopic (exact) mass is 250 g/mol. The van der Waals surface area contributed by atoms with Gasteiger partial charge in [-0.2, -0.15) is 0 Å². The van der Waals surface area contributed by atoms with Crippen molar-refractivity contribution >= 4 is 0 Å². The highest BCUT2D eigenvalue weighted by Crippen LogP contribution is 2.29. The van der Waals surface area contributed by atoms with Gasteiger partial charge >= 0.3 is 0 Å². The summed E-state index contributed by atoms with van der Waals surface area (Å²) in [7, 11) is 1.78. The molecule has 2 rings (SSSR count). The van der Waals surface area contributed by atoms with Crippen LogP contribution in [0.2, 0.25) is 0 Å². The molecule has 3 heteroatoms. The molecule has 1 N–H and O–H groups in total. The second-order valence-electron chi connectivity index (χ2n) is 5.15. The van der Waals surface area contributed by atoms with Crippen LogP contribution >= 0.6 is 0 Å². The predicted molar refractivity (Wildman–Crippen MR) is 70.9 cm³/mol. The molecule has 1 fully saturated rings. The number of hydrogen-bond donors (Lipinski definition) is 1. The number of ether oxygens (including phenoxy) is 2. The van der Waals surface area contributed by atoms with Gasteiger partial charge in [0.05, 0.1) is 6.61 Å². The van der Waals surface area contributed by atoms with Crippen LogP contribution in [0.1, 0.15) is 25.7 Å². The lowest BCUT2D eigenvalue weighted by atomic mass is 9.83. The average Bonchev–Trinajstić information content (AvgIpc) is 2.40. The second kappa shape index (κ2) is 6.64. The summed E-state index contributed by atoms with van der Waals surface area (Å²) in [6.45, 7) is 1.68. The van der Waals surface area contributed by atoms with Gasteiger partial charge in [-0.1, -0.05) is 0 Å². The first-order valence-electron chi connectivity index (χ1n) is 6.68. The molecule has 1 aliphatic rings. The highest BCUT2D eigenvalue weighted by atomic mass is 16.5. The Balaban J connectivity index is 1.70. The summed E-state index contributed by atoms with van der Waals surface area (Å²) >= 11 is 0. The van der Waals surface area contributed by atoms with E-state index >= 15 is 0 Å². The maximum absolute atomic E-state index is 9.19. The summed E-state index contributed by atoms with van der Waals surface area (Å²) in [4.78, 5) is 0. The first kappa shape index (κ1) is 13.2. The number of phenolic OH excluding ortho intramolecular Hbond substituents is 1.